The molecule has 3 aromatic heterocycles. The van der Waals surface area contributed by atoms with E-state index in [1.54, 1.807) is 20.8 Å². The molecule has 0 bridgehead atoms. The monoisotopic (exact) mass is 375 g/mol. The quantitative estimate of drug-likeness (QED) is 0.324. The van der Waals surface area contributed by atoms with E-state index in [2.05, 4.69) is 50.9 Å². The molecule has 0 aliphatic rings. The lowest BCUT2D eigenvalue weighted by Crippen LogP contribution is -2.10. The third-order valence-electron chi connectivity index (χ3n) is 3.28. The normalized spacial score (nSPS) is 12.6. The summed E-state index contributed by atoms with van der Waals surface area (Å²) < 4.78 is 5.92. The second kappa shape index (κ2) is 7.02. The van der Waals surface area contributed by atoms with E-state index in [0.717, 1.165) is 4.80 Å². The van der Waals surface area contributed by atoms with Gasteiger partial charge in [-0.25, -0.2) is 4.63 Å². The van der Waals surface area contributed by atoms with Crippen LogP contribution in [-0.2, 0) is 6.54 Å². The number of hydrogen-bond acceptors (Lipinski definition) is 13. The first kappa shape index (κ1) is 17.7. The Morgan fingerprint density at radius 2 is 2.04 bits per heavy atom. The molecule has 0 unspecified atom stereocenters. The molecule has 140 valence electrons. The minimum absolute atomic E-state index is 0.0763. The number of nitrogen functional groups attached to an aromatic ring is 1. The molecule has 2 N–H and O–H groups in total. The second-order valence-corrected chi connectivity index (χ2v) is 5.31. The van der Waals surface area contributed by atoms with Crippen LogP contribution in [0.4, 0.5) is 11.8 Å². The average Bonchev–Trinajstić information content (AvgIpc) is 3.33. The van der Waals surface area contributed by atoms with Crippen LogP contribution in [0.1, 0.15) is 25.2 Å². The summed E-state index contributed by atoms with van der Waals surface area (Å²) in [5.74, 6) is -0.290. The molecule has 0 atom stereocenters. The highest BCUT2D eigenvalue weighted by Gasteiger charge is 2.18. The lowest BCUT2D eigenvalue weighted by molar-refractivity contribution is -0.394. The van der Waals surface area contributed by atoms with Crippen LogP contribution in [0.3, 0.4) is 0 Å². The van der Waals surface area contributed by atoms with Gasteiger partial charge in [0, 0.05) is 5.21 Å². The molecule has 0 aliphatic heterocycles. The lowest BCUT2D eigenvalue weighted by Gasteiger charge is -1.99. The number of nitrogens with zero attached hydrogens (tertiary/aromatic N) is 12. The first-order valence-corrected chi connectivity index (χ1v) is 7.37. The fraction of sp³-hybridized carbons (Fsp3) is 0.364. The average molecular weight is 375 g/mol. The Balaban J connectivity index is 1.77. The fourth-order valence-electron chi connectivity index (χ4n) is 2.02. The molecular weight excluding hydrogens is 362 g/mol. The van der Waals surface area contributed by atoms with E-state index < -0.39 is 10.9 Å². The lowest BCUT2D eigenvalue weighted by atomic mass is 10.2. The van der Waals surface area contributed by atoms with Crippen molar-refractivity contribution in [1.29, 1.82) is 0 Å². The summed E-state index contributed by atoms with van der Waals surface area (Å²) in [4.78, 5) is 10.9. The molecule has 3 heterocycles. The molecule has 0 spiro atoms. The molecule has 16 nitrogen and oxygen atoms in total. The minimum Gasteiger partial charge on any atom is -0.390 e. The van der Waals surface area contributed by atoms with E-state index in [0.29, 0.717) is 22.8 Å². The van der Waals surface area contributed by atoms with Crippen molar-refractivity contribution in [1.82, 2.24) is 45.5 Å². The van der Waals surface area contributed by atoms with Gasteiger partial charge < -0.3 is 15.8 Å². The van der Waals surface area contributed by atoms with Crippen molar-refractivity contribution >= 4 is 23.2 Å². The standard InChI is InChI=1S/C11H13N13O3/c1-5(4-22-17-11(16-20-22)24(25)26)13-14-6(2)8-7(3)23(21-15-8)10-9(12)18-27-19-10/h4H2,1-3H3,(H2,12,18)/b13-5-,14-6-. The summed E-state index contributed by atoms with van der Waals surface area (Å²) in [5, 5.41) is 44.3. The van der Waals surface area contributed by atoms with Crippen molar-refractivity contribution in [2.45, 2.75) is 27.3 Å². The van der Waals surface area contributed by atoms with Crippen molar-refractivity contribution in [3.8, 4) is 5.82 Å². The number of anilines is 1. The molecule has 0 fully saturated rings. The van der Waals surface area contributed by atoms with Crippen molar-refractivity contribution in [3.05, 3.63) is 21.5 Å². The predicted octanol–water partition coefficient (Wildman–Crippen LogP) is -0.679. The SMILES string of the molecule is C/C(Cn1nnc([N+](=O)[O-])n1)=N/N=C(/C)c1nnn(-c2nonc2N)c1C. The van der Waals surface area contributed by atoms with Crippen LogP contribution >= 0.6 is 0 Å². The number of hydrogen-bond donors (Lipinski definition) is 1. The van der Waals surface area contributed by atoms with Gasteiger partial charge in [-0.05, 0) is 36.0 Å². The van der Waals surface area contributed by atoms with Gasteiger partial charge in [0.1, 0.15) is 12.2 Å². The fourth-order valence-corrected chi connectivity index (χ4v) is 2.02. The van der Waals surface area contributed by atoms with Gasteiger partial charge in [0.2, 0.25) is 11.6 Å². The molecule has 0 saturated heterocycles. The highest BCUT2D eigenvalue weighted by atomic mass is 16.6. The molecule has 0 aliphatic carbocycles. The van der Waals surface area contributed by atoms with E-state index in [1.165, 1.54) is 4.68 Å². The summed E-state index contributed by atoms with van der Waals surface area (Å²) in [5.41, 5.74) is 7.71. The second-order valence-electron chi connectivity index (χ2n) is 5.31. The van der Waals surface area contributed by atoms with Crippen molar-refractivity contribution < 1.29 is 9.55 Å². The van der Waals surface area contributed by atoms with Crippen molar-refractivity contribution in [2.24, 2.45) is 10.2 Å². The Kier molecular flexibility index (Phi) is 4.60. The van der Waals surface area contributed by atoms with Gasteiger partial charge in [-0.1, -0.05) is 10.0 Å². The van der Waals surface area contributed by atoms with Gasteiger partial charge in [0.25, 0.3) is 0 Å². The number of rotatable bonds is 6. The van der Waals surface area contributed by atoms with Crippen LogP contribution in [0.15, 0.2) is 14.8 Å². The Hall–Kier alpha value is -4.11. The van der Waals surface area contributed by atoms with Gasteiger partial charge >= 0.3 is 5.95 Å². The molecule has 16 heteroatoms. The molecule has 3 aromatic rings. The molecule has 3 rings (SSSR count). The molecular formula is C11H13N13O3. The summed E-state index contributed by atoms with van der Waals surface area (Å²) in [6, 6.07) is 0. The highest BCUT2D eigenvalue weighted by molar-refractivity contribution is 5.98. The Morgan fingerprint density at radius 1 is 1.26 bits per heavy atom. The third-order valence-corrected chi connectivity index (χ3v) is 3.28. The van der Waals surface area contributed by atoms with E-state index in [9.17, 15) is 10.1 Å². The van der Waals surface area contributed by atoms with Crippen molar-refractivity contribution in [3.63, 3.8) is 0 Å². The van der Waals surface area contributed by atoms with Gasteiger partial charge in [0.15, 0.2) is 0 Å². The largest absolute Gasteiger partial charge is 0.514 e. The highest BCUT2D eigenvalue weighted by Crippen LogP contribution is 2.15. The van der Waals surface area contributed by atoms with Crippen LogP contribution < -0.4 is 5.73 Å². The topological polar surface area (TPSA) is 207 Å². The smallest absolute Gasteiger partial charge is 0.390 e. The van der Waals surface area contributed by atoms with E-state index in [1.807, 2.05) is 0 Å². The van der Waals surface area contributed by atoms with Crippen LogP contribution in [0.25, 0.3) is 5.82 Å². The maximum absolute atomic E-state index is 10.6. The zero-order chi connectivity index (χ0) is 19.6. The third kappa shape index (κ3) is 3.62. The molecule has 27 heavy (non-hydrogen) atoms. The number of aromatic nitrogens is 9. The van der Waals surface area contributed by atoms with Crippen LogP contribution in [0.5, 0.6) is 0 Å². The molecule has 0 amide bonds. The van der Waals surface area contributed by atoms with Crippen LogP contribution in [0.2, 0.25) is 0 Å². The number of nitrogens with two attached hydrogens (primary N) is 1. The Morgan fingerprint density at radius 3 is 2.67 bits per heavy atom. The maximum Gasteiger partial charge on any atom is 0.514 e. The van der Waals surface area contributed by atoms with E-state index in [-0.39, 0.29) is 18.2 Å². The predicted molar refractivity (Wildman–Crippen MR) is 88.2 cm³/mol. The Bertz CT molecular complexity index is 1040. The summed E-state index contributed by atoms with van der Waals surface area (Å²) in [7, 11) is 0. The van der Waals surface area contributed by atoms with Gasteiger partial charge in [0.05, 0.1) is 27.3 Å². The van der Waals surface area contributed by atoms with E-state index in [4.69, 9.17) is 5.73 Å². The van der Waals surface area contributed by atoms with E-state index >= 15 is 0 Å². The zero-order valence-corrected chi connectivity index (χ0v) is 14.4. The summed E-state index contributed by atoms with van der Waals surface area (Å²) in [6.45, 7) is 5.19. The number of tetrazole rings is 1. The van der Waals surface area contributed by atoms with Gasteiger partial charge in [-0.3, -0.25) is 0 Å². The van der Waals surface area contributed by atoms with Crippen LogP contribution in [-0.4, -0.2) is 61.9 Å². The molecule has 0 saturated carbocycles. The summed E-state index contributed by atoms with van der Waals surface area (Å²) >= 11 is 0. The van der Waals surface area contributed by atoms with Crippen LogP contribution in [0, 0.1) is 17.0 Å². The molecule has 0 aromatic carbocycles. The van der Waals surface area contributed by atoms with Gasteiger partial charge in [-0.15, -0.1) is 5.10 Å². The van der Waals surface area contributed by atoms with Crippen molar-refractivity contribution in [2.75, 3.05) is 5.73 Å². The zero-order valence-electron chi connectivity index (χ0n) is 14.4. The first-order chi connectivity index (χ1) is 12.9. The maximum atomic E-state index is 10.6. The van der Waals surface area contributed by atoms with Gasteiger partial charge in [-0.2, -0.15) is 14.9 Å². The number of nitro groups is 1. The first-order valence-electron chi connectivity index (χ1n) is 7.37. The molecule has 0 radical (unpaired) electrons. The summed E-state index contributed by atoms with van der Waals surface area (Å²) in [6.07, 6.45) is 0. The minimum atomic E-state index is -0.735. The Labute approximate surface area is 149 Å².